The third kappa shape index (κ3) is 6.07. The van der Waals surface area contributed by atoms with Crippen molar-refractivity contribution >= 4 is 0 Å². The highest BCUT2D eigenvalue weighted by molar-refractivity contribution is 5.23. The molecule has 0 aromatic heterocycles. The summed E-state index contributed by atoms with van der Waals surface area (Å²) in [6, 6.07) is 8.98. The zero-order valence-electron chi connectivity index (χ0n) is 14.2. The van der Waals surface area contributed by atoms with E-state index in [4.69, 9.17) is 9.47 Å². The van der Waals surface area contributed by atoms with Crippen LogP contribution in [0.3, 0.4) is 0 Å². The highest BCUT2D eigenvalue weighted by atomic mass is 16.5. The molecule has 1 heterocycles. The summed E-state index contributed by atoms with van der Waals surface area (Å²) < 4.78 is 11.6. The maximum absolute atomic E-state index is 5.90. The molecule has 2 rings (SSSR count). The van der Waals surface area contributed by atoms with E-state index in [0.29, 0.717) is 0 Å². The maximum atomic E-state index is 5.90. The summed E-state index contributed by atoms with van der Waals surface area (Å²) >= 11 is 0. The molecular formula is C19H31NO2. The second-order valence-electron chi connectivity index (χ2n) is 6.15. The number of hydrogen-bond donors (Lipinski definition) is 0. The van der Waals surface area contributed by atoms with Gasteiger partial charge in [0.15, 0.2) is 0 Å². The van der Waals surface area contributed by atoms with Crippen molar-refractivity contribution in [1.29, 1.82) is 0 Å². The molecule has 0 N–H and O–H groups in total. The molecule has 0 spiro atoms. The second-order valence-corrected chi connectivity index (χ2v) is 6.15. The molecule has 1 atom stereocenters. The molecule has 22 heavy (non-hydrogen) atoms. The normalized spacial score (nSPS) is 20.0. The van der Waals surface area contributed by atoms with Gasteiger partial charge in [0.2, 0.25) is 0 Å². The molecule has 1 saturated heterocycles. The summed E-state index contributed by atoms with van der Waals surface area (Å²) in [7, 11) is 0. The van der Waals surface area contributed by atoms with Crippen molar-refractivity contribution in [3.63, 3.8) is 0 Å². The van der Waals surface area contributed by atoms with Gasteiger partial charge in [0.05, 0.1) is 12.7 Å². The van der Waals surface area contributed by atoms with Gasteiger partial charge in [-0.05, 0) is 36.8 Å². The first-order chi connectivity index (χ1) is 10.8. The highest BCUT2D eigenvalue weighted by Gasteiger charge is 2.18. The topological polar surface area (TPSA) is 21.7 Å². The lowest BCUT2D eigenvalue weighted by atomic mass is 10.1. The second kappa shape index (κ2) is 9.98. The van der Waals surface area contributed by atoms with Crippen molar-refractivity contribution in [3.05, 3.63) is 35.4 Å². The van der Waals surface area contributed by atoms with E-state index in [1.807, 2.05) is 0 Å². The predicted octanol–water partition coefficient (Wildman–Crippen LogP) is 3.31. The molecule has 3 heteroatoms. The summed E-state index contributed by atoms with van der Waals surface area (Å²) in [5.74, 6) is 0. The maximum Gasteiger partial charge on any atom is 0.0934 e. The Kier molecular flexibility index (Phi) is 7.92. The number of nitrogens with zero attached hydrogens (tertiary/aromatic N) is 1. The highest BCUT2D eigenvalue weighted by Crippen LogP contribution is 2.11. The van der Waals surface area contributed by atoms with E-state index in [9.17, 15) is 0 Å². The molecule has 0 amide bonds. The van der Waals surface area contributed by atoms with Crippen molar-refractivity contribution in [2.75, 3.05) is 39.5 Å². The van der Waals surface area contributed by atoms with Crippen molar-refractivity contribution in [2.45, 2.75) is 45.6 Å². The van der Waals surface area contributed by atoms with Gasteiger partial charge in [0.25, 0.3) is 0 Å². The Morgan fingerprint density at radius 3 is 2.95 bits per heavy atom. The Balaban J connectivity index is 1.79. The molecular weight excluding hydrogens is 274 g/mol. The van der Waals surface area contributed by atoms with E-state index in [2.05, 4.69) is 43.0 Å². The fourth-order valence-corrected chi connectivity index (χ4v) is 2.93. The first-order valence-electron chi connectivity index (χ1n) is 8.81. The van der Waals surface area contributed by atoms with Crippen molar-refractivity contribution in [2.24, 2.45) is 0 Å². The van der Waals surface area contributed by atoms with Gasteiger partial charge in [-0.15, -0.1) is 0 Å². The van der Waals surface area contributed by atoms with E-state index in [0.717, 1.165) is 65.1 Å². The minimum Gasteiger partial charge on any atom is -0.379 e. The fourth-order valence-electron chi connectivity index (χ4n) is 2.93. The lowest BCUT2D eigenvalue weighted by molar-refractivity contribution is -0.0159. The molecule has 124 valence electrons. The fraction of sp³-hybridized carbons (Fsp3) is 0.684. The Labute approximate surface area is 135 Å². The van der Waals surface area contributed by atoms with Crippen LogP contribution in [0.5, 0.6) is 0 Å². The Morgan fingerprint density at radius 1 is 1.27 bits per heavy atom. The number of ether oxygens (including phenoxy) is 2. The number of hydrogen-bond acceptors (Lipinski definition) is 3. The van der Waals surface area contributed by atoms with Gasteiger partial charge in [-0.25, -0.2) is 0 Å². The summed E-state index contributed by atoms with van der Waals surface area (Å²) in [6.45, 7) is 10.0. The summed E-state index contributed by atoms with van der Waals surface area (Å²) in [5, 5.41) is 0. The summed E-state index contributed by atoms with van der Waals surface area (Å²) in [5.41, 5.74) is 2.88. The smallest absolute Gasteiger partial charge is 0.0934 e. The van der Waals surface area contributed by atoms with Crippen LogP contribution in [0.4, 0.5) is 0 Å². The van der Waals surface area contributed by atoms with Crippen molar-refractivity contribution in [1.82, 2.24) is 4.90 Å². The summed E-state index contributed by atoms with van der Waals surface area (Å²) in [6.07, 6.45) is 4.67. The lowest BCUT2D eigenvalue weighted by Gasteiger charge is -2.23. The number of benzene rings is 1. The van der Waals surface area contributed by atoms with Gasteiger partial charge in [0.1, 0.15) is 0 Å². The van der Waals surface area contributed by atoms with Crippen molar-refractivity contribution < 1.29 is 9.47 Å². The average Bonchev–Trinajstić information content (AvgIpc) is 2.79. The molecule has 3 nitrogen and oxygen atoms in total. The molecule has 1 aliphatic rings. The molecule has 0 bridgehead atoms. The van der Waals surface area contributed by atoms with Crippen LogP contribution in [0.1, 0.15) is 37.8 Å². The number of aryl methyl sites for hydroxylation is 1. The minimum atomic E-state index is 0.232. The molecule has 1 fully saturated rings. The predicted molar refractivity (Wildman–Crippen MR) is 91.4 cm³/mol. The molecule has 1 aromatic rings. The molecule has 1 aromatic carbocycles. The molecule has 1 aliphatic heterocycles. The lowest BCUT2D eigenvalue weighted by Crippen LogP contribution is -2.35. The first-order valence-corrected chi connectivity index (χ1v) is 8.81. The van der Waals surface area contributed by atoms with Crippen LogP contribution in [0.15, 0.2) is 24.3 Å². The standard InChI is InChI=1S/C19H31NO2/c1-3-12-21-16-19-15-20(10-6-13-22-19)11-9-18-8-5-7-17(4-2)14-18/h5,7-8,14,19H,3-4,6,9-13,15-16H2,1-2H3. The molecule has 0 saturated carbocycles. The van der Waals surface area contributed by atoms with Gasteiger partial charge < -0.3 is 14.4 Å². The van der Waals surface area contributed by atoms with Crippen LogP contribution in [0.25, 0.3) is 0 Å². The zero-order chi connectivity index (χ0) is 15.6. The third-order valence-corrected chi connectivity index (χ3v) is 4.20. The van der Waals surface area contributed by atoms with E-state index in [1.54, 1.807) is 0 Å². The average molecular weight is 305 g/mol. The Hall–Kier alpha value is -0.900. The molecule has 0 aliphatic carbocycles. The SMILES string of the molecule is CCCOCC1CN(CCc2cccc(CC)c2)CCCO1. The van der Waals surface area contributed by atoms with Crippen LogP contribution in [-0.4, -0.2) is 50.5 Å². The van der Waals surface area contributed by atoms with Gasteiger partial charge in [-0.1, -0.05) is 38.1 Å². The minimum absolute atomic E-state index is 0.232. The van der Waals surface area contributed by atoms with E-state index >= 15 is 0 Å². The van der Waals surface area contributed by atoms with Crippen LogP contribution in [0, 0.1) is 0 Å². The first kappa shape index (κ1) is 17.5. The monoisotopic (exact) mass is 305 g/mol. The van der Waals surface area contributed by atoms with E-state index in [1.165, 1.54) is 11.1 Å². The molecule has 0 radical (unpaired) electrons. The Morgan fingerprint density at radius 2 is 2.14 bits per heavy atom. The van der Waals surface area contributed by atoms with Crippen molar-refractivity contribution in [3.8, 4) is 0 Å². The van der Waals surface area contributed by atoms with Crippen LogP contribution >= 0.6 is 0 Å². The van der Waals surface area contributed by atoms with Crippen LogP contribution < -0.4 is 0 Å². The van der Waals surface area contributed by atoms with Gasteiger partial charge >= 0.3 is 0 Å². The quantitative estimate of drug-likeness (QED) is 0.688. The third-order valence-electron chi connectivity index (χ3n) is 4.20. The summed E-state index contributed by atoms with van der Waals surface area (Å²) in [4.78, 5) is 2.53. The van der Waals surface area contributed by atoms with Gasteiger partial charge in [-0.3, -0.25) is 0 Å². The van der Waals surface area contributed by atoms with Gasteiger partial charge in [-0.2, -0.15) is 0 Å². The van der Waals surface area contributed by atoms with Crippen LogP contribution in [-0.2, 0) is 22.3 Å². The van der Waals surface area contributed by atoms with Crippen LogP contribution in [0.2, 0.25) is 0 Å². The largest absolute Gasteiger partial charge is 0.379 e. The van der Waals surface area contributed by atoms with Gasteiger partial charge in [0, 0.05) is 32.8 Å². The van der Waals surface area contributed by atoms with E-state index < -0.39 is 0 Å². The number of rotatable bonds is 8. The Bertz CT molecular complexity index is 422. The van der Waals surface area contributed by atoms with E-state index in [-0.39, 0.29) is 6.10 Å². The zero-order valence-corrected chi connectivity index (χ0v) is 14.2. The molecule has 1 unspecified atom stereocenters.